The van der Waals surface area contributed by atoms with E-state index in [0.29, 0.717) is 41.0 Å². The quantitative estimate of drug-likeness (QED) is 0.144. The molecule has 1 aromatic heterocycles. The number of nitrogens with zero attached hydrogens (tertiary/aromatic N) is 2. The maximum atomic E-state index is 13.5. The third-order valence-electron chi connectivity index (χ3n) is 6.61. The number of carbonyl (C=O) groups excluding carboxylic acids is 2. The largest absolute Gasteiger partial charge is 0.507 e. The number of aromatic nitrogens is 1. The highest BCUT2D eigenvalue weighted by Crippen LogP contribution is 2.44. The predicted octanol–water partition coefficient (Wildman–Crippen LogP) is 6.67. The molecule has 0 unspecified atom stereocenters. The number of Topliss-reactive ketones (excluding diaryl/α,β-unsaturated/α-hetero) is 1. The summed E-state index contributed by atoms with van der Waals surface area (Å²) in [6.45, 7) is 7.09. The molecular formula is C31H30N2O5S. The van der Waals surface area contributed by atoms with Gasteiger partial charge in [-0.25, -0.2) is 4.98 Å². The molecule has 0 aliphatic carbocycles. The summed E-state index contributed by atoms with van der Waals surface area (Å²) >= 11 is 1.36. The highest BCUT2D eigenvalue weighted by molar-refractivity contribution is 7.22. The van der Waals surface area contributed by atoms with Crippen LogP contribution in [0.5, 0.6) is 11.5 Å². The van der Waals surface area contributed by atoms with E-state index in [4.69, 9.17) is 14.5 Å². The number of ketones is 1. The first-order valence-corrected chi connectivity index (χ1v) is 13.9. The van der Waals surface area contributed by atoms with E-state index in [9.17, 15) is 14.7 Å². The van der Waals surface area contributed by atoms with Gasteiger partial charge in [0.2, 0.25) is 0 Å². The molecule has 1 fully saturated rings. The molecule has 1 N–H and O–H groups in total. The number of rotatable bonds is 9. The van der Waals surface area contributed by atoms with Crippen LogP contribution in [0, 0.1) is 0 Å². The molecule has 3 aromatic carbocycles. The van der Waals surface area contributed by atoms with Crippen LogP contribution in [-0.2, 0) is 16.0 Å². The van der Waals surface area contributed by atoms with Crippen molar-refractivity contribution in [3.05, 3.63) is 89.0 Å². The lowest BCUT2D eigenvalue weighted by Gasteiger charge is -2.23. The summed E-state index contributed by atoms with van der Waals surface area (Å²) < 4.78 is 12.2. The van der Waals surface area contributed by atoms with Gasteiger partial charge >= 0.3 is 5.91 Å². The minimum atomic E-state index is -0.858. The number of anilines is 1. The average molecular weight is 543 g/mol. The number of ether oxygens (including phenoxy) is 2. The number of benzene rings is 3. The van der Waals surface area contributed by atoms with Crippen LogP contribution in [-0.4, -0.2) is 35.0 Å². The third-order valence-corrected chi connectivity index (χ3v) is 7.63. The standard InChI is InChI=1S/C31H30N2O5S/c1-4-17-38-23-12-8-20(9-13-23)27-26(28(34)21-10-14-22(15-11-21)37-6-3)29(35)30(36)33(27)31-32-24-16-7-19(5-2)18-25(24)39-31/h7-16,18,27,34H,4-6,17H2,1-3H3/t27-/m0/s1. The molecule has 1 aliphatic heterocycles. The second-order valence-electron chi connectivity index (χ2n) is 9.20. The first-order valence-electron chi connectivity index (χ1n) is 13.1. The van der Waals surface area contributed by atoms with Gasteiger partial charge in [-0.2, -0.15) is 0 Å². The number of carbonyl (C=O) groups is 2. The number of aliphatic hydroxyl groups is 1. The number of aliphatic hydroxyl groups excluding tert-OH is 1. The van der Waals surface area contributed by atoms with Crippen molar-refractivity contribution in [3.63, 3.8) is 0 Å². The number of aryl methyl sites for hydroxylation is 1. The van der Waals surface area contributed by atoms with Crippen molar-refractivity contribution in [1.29, 1.82) is 0 Å². The van der Waals surface area contributed by atoms with E-state index < -0.39 is 17.7 Å². The molecule has 7 nitrogen and oxygen atoms in total. The molecule has 4 aromatic rings. The van der Waals surface area contributed by atoms with Crippen molar-refractivity contribution < 1.29 is 24.2 Å². The third kappa shape index (κ3) is 5.12. The van der Waals surface area contributed by atoms with Crippen LogP contribution >= 0.6 is 11.3 Å². The smallest absolute Gasteiger partial charge is 0.301 e. The van der Waals surface area contributed by atoms with E-state index in [2.05, 4.69) is 13.0 Å². The summed E-state index contributed by atoms with van der Waals surface area (Å²) in [6, 6.07) is 19.2. The topological polar surface area (TPSA) is 89.0 Å². The van der Waals surface area contributed by atoms with Gasteiger partial charge in [0.25, 0.3) is 5.78 Å². The molecule has 1 saturated heterocycles. The van der Waals surface area contributed by atoms with Crippen molar-refractivity contribution in [2.24, 2.45) is 0 Å². The van der Waals surface area contributed by atoms with E-state index in [-0.39, 0.29) is 11.3 Å². The molecule has 200 valence electrons. The van der Waals surface area contributed by atoms with Crippen molar-refractivity contribution in [3.8, 4) is 11.5 Å². The molecule has 1 amide bonds. The van der Waals surface area contributed by atoms with Crippen LogP contribution in [0.25, 0.3) is 16.0 Å². The van der Waals surface area contributed by atoms with E-state index in [1.165, 1.54) is 16.2 Å². The molecule has 0 spiro atoms. The highest BCUT2D eigenvalue weighted by atomic mass is 32.1. The zero-order valence-corrected chi connectivity index (χ0v) is 23.0. The Morgan fingerprint density at radius 3 is 2.31 bits per heavy atom. The minimum Gasteiger partial charge on any atom is -0.507 e. The molecule has 39 heavy (non-hydrogen) atoms. The molecule has 2 heterocycles. The number of hydrogen-bond acceptors (Lipinski definition) is 7. The predicted molar refractivity (Wildman–Crippen MR) is 154 cm³/mol. The van der Waals surface area contributed by atoms with E-state index >= 15 is 0 Å². The fourth-order valence-corrected chi connectivity index (χ4v) is 5.68. The maximum absolute atomic E-state index is 13.5. The van der Waals surface area contributed by atoms with Crippen LogP contribution in [0.1, 0.15) is 49.9 Å². The Balaban J connectivity index is 1.64. The normalized spacial score (nSPS) is 16.7. The summed E-state index contributed by atoms with van der Waals surface area (Å²) in [7, 11) is 0. The maximum Gasteiger partial charge on any atom is 0.301 e. The van der Waals surface area contributed by atoms with Gasteiger partial charge in [-0.1, -0.05) is 43.4 Å². The molecule has 1 atom stereocenters. The van der Waals surface area contributed by atoms with Crippen LogP contribution in [0.4, 0.5) is 5.13 Å². The first kappa shape index (κ1) is 26.4. The van der Waals surface area contributed by atoms with Gasteiger partial charge in [-0.3, -0.25) is 14.5 Å². The monoisotopic (exact) mass is 542 g/mol. The lowest BCUT2D eigenvalue weighted by atomic mass is 9.95. The van der Waals surface area contributed by atoms with Gasteiger partial charge in [-0.05, 0) is 79.4 Å². The average Bonchev–Trinajstić information content (AvgIpc) is 3.49. The summed E-state index contributed by atoms with van der Waals surface area (Å²) in [5.74, 6) is -0.393. The zero-order chi connectivity index (χ0) is 27.5. The number of amides is 1. The van der Waals surface area contributed by atoms with Crippen molar-refractivity contribution in [2.45, 2.75) is 39.7 Å². The van der Waals surface area contributed by atoms with Gasteiger partial charge in [0.05, 0.1) is 35.0 Å². The Morgan fingerprint density at radius 1 is 0.949 bits per heavy atom. The highest BCUT2D eigenvalue weighted by Gasteiger charge is 2.48. The summed E-state index contributed by atoms with van der Waals surface area (Å²) in [4.78, 5) is 33.2. The van der Waals surface area contributed by atoms with Gasteiger partial charge in [0.1, 0.15) is 17.3 Å². The number of thiazole rings is 1. The minimum absolute atomic E-state index is 0.0138. The SMILES string of the molecule is CCCOc1ccc([C@H]2C(=C(O)c3ccc(OCC)cc3)C(=O)C(=O)N2c2nc3ccc(CC)cc3s2)cc1. The van der Waals surface area contributed by atoms with E-state index in [0.717, 1.165) is 28.6 Å². The molecule has 8 heteroatoms. The van der Waals surface area contributed by atoms with E-state index in [1.54, 1.807) is 24.3 Å². The Hall–Kier alpha value is -4.17. The summed E-state index contributed by atoms with van der Waals surface area (Å²) in [6.07, 6.45) is 1.75. The van der Waals surface area contributed by atoms with Crippen LogP contribution in [0.3, 0.4) is 0 Å². The van der Waals surface area contributed by atoms with Crippen molar-refractivity contribution in [2.75, 3.05) is 18.1 Å². The molecule has 0 bridgehead atoms. The second kappa shape index (κ2) is 11.3. The summed E-state index contributed by atoms with van der Waals surface area (Å²) in [5, 5.41) is 11.8. The van der Waals surface area contributed by atoms with E-state index in [1.807, 2.05) is 50.2 Å². The molecule has 1 aliphatic rings. The number of fused-ring (bicyclic) bond motifs is 1. The lowest BCUT2D eigenvalue weighted by molar-refractivity contribution is -0.132. The Kier molecular flexibility index (Phi) is 7.65. The second-order valence-corrected chi connectivity index (χ2v) is 10.2. The van der Waals surface area contributed by atoms with Crippen molar-refractivity contribution in [1.82, 2.24) is 4.98 Å². The Bertz CT molecular complexity index is 1540. The van der Waals surface area contributed by atoms with Crippen molar-refractivity contribution >= 4 is 44.1 Å². The molecule has 5 rings (SSSR count). The van der Waals surface area contributed by atoms with Gasteiger partial charge in [-0.15, -0.1) is 0 Å². The lowest BCUT2D eigenvalue weighted by Crippen LogP contribution is -2.29. The summed E-state index contributed by atoms with van der Waals surface area (Å²) in [5.41, 5.74) is 3.01. The van der Waals surface area contributed by atoms with Crippen LogP contribution in [0.15, 0.2) is 72.3 Å². The Labute approximate surface area is 231 Å². The molecule has 0 radical (unpaired) electrons. The molecule has 0 saturated carbocycles. The fourth-order valence-electron chi connectivity index (χ4n) is 4.62. The zero-order valence-electron chi connectivity index (χ0n) is 22.1. The van der Waals surface area contributed by atoms with Gasteiger partial charge in [0, 0.05) is 5.56 Å². The first-order chi connectivity index (χ1) is 18.9. The van der Waals surface area contributed by atoms with Crippen LogP contribution in [0.2, 0.25) is 0 Å². The molecular weight excluding hydrogens is 512 g/mol. The number of hydrogen-bond donors (Lipinski definition) is 1. The Morgan fingerprint density at radius 2 is 1.64 bits per heavy atom. The van der Waals surface area contributed by atoms with Gasteiger partial charge in [0.15, 0.2) is 5.13 Å². The fraction of sp³-hybridized carbons (Fsp3) is 0.258. The van der Waals surface area contributed by atoms with Gasteiger partial charge < -0.3 is 14.6 Å². The van der Waals surface area contributed by atoms with Crippen LogP contribution < -0.4 is 14.4 Å².